The van der Waals surface area contributed by atoms with Crippen molar-refractivity contribution in [1.29, 1.82) is 0 Å². The van der Waals surface area contributed by atoms with Gasteiger partial charge in [-0.25, -0.2) is 9.18 Å². The van der Waals surface area contributed by atoms with Gasteiger partial charge in [-0.2, -0.15) is 0 Å². The number of nitrogens with one attached hydrogen (secondary N) is 2. The van der Waals surface area contributed by atoms with Crippen molar-refractivity contribution in [3.63, 3.8) is 0 Å². The molecule has 2 amide bonds. The van der Waals surface area contributed by atoms with Crippen molar-refractivity contribution in [2.24, 2.45) is 5.92 Å². The van der Waals surface area contributed by atoms with E-state index in [1.54, 1.807) is 25.1 Å². The maximum Gasteiger partial charge on any atom is 0.407 e. The minimum atomic E-state index is -0.499. The number of halogens is 1. The lowest BCUT2D eigenvalue weighted by atomic mass is 10.0. The molecular formula is C17H25FN2O3. The zero-order valence-corrected chi connectivity index (χ0v) is 13.9. The van der Waals surface area contributed by atoms with Crippen LogP contribution in [0.25, 0.3) is 0 Å². The number of carbonyl (C=O) groups is 2. The first-order chi connectivity index (χ1) is 10.9. The highest BCUT2D eigenvalue weighted by Crippen LogP contribution is 2.07. The lowest BCUT2D eigenvalue weighted by Gasteiger charge is -2.20. The monoisotopic (exact) mass is 324 g/mol. The quantitative estimate of drug-likeness (QED) is 0.772. The molecule has 1 aromatic carbocycles. The Hall–Kier alpha value is -2.11. The molecule has 0 aliphatic carbocycles. The van der Waals surface area contributed by atoms with Gasteiger partial charge < -0.3 is 15.4 Å². The first-order valence-electron chi connectivity index (χ1n) is 7.85. The van der Waals surface area contributed by atoms with Crippen LogP contribution in [0.1, 0.15) is 32.8 Å². The number of hydrogen-bond acceptors (Lipinski definition) is 3. The van der Waals surface area contributed by atoms with Crippen LogP contribution in [0.5, 0.6) is 0 Å². The van der Waals surface area contributed by atoms with Gasteiger partial charge in [0.15, 0.2) is 0 Å². The maximum absolute atomic E-state index is 13.5. The van der Waals surface area contributed by atoms with Crippen LogP contribution >= 0.6 is 0 Å². The van der Waals surface area contributed by atoms with Crippen LogP contribution in [-0.4, -0.2) is 31.2 Å². The largest absolute Gasteiger partial charge is 0.450 e. The highest BCUT2D eigenvalue weighted by Gasteiger charge is 2.16. The smallest absolute Gasteiger partial charge is 0.407 e. The van der Waals surface area contributed by atoms with Gasteiger partial charge in [-0.05, 0) is 30.9 Å². The molecule has 0 heterocycles. The van der Waals surface area contributed by atoms with E-state index in [4.69, 9.17) is 4.74 Å². The Morgan fingerprint density at radius 3 is 2.57 bits per heavy atom. The van der Waals surface area contributed by atoms with Gasteiger partial charge in [-0.1, -0.05) is 32.0 Å². The molecule has 1 unspecified atom stereocenters. The predicted octanol–water partition coefficient (Wildman–Crippen LogP) is 2.65. The molecule has 1 aromatic rings. The molecule has 0 bridgehead atoms. The van der Waals surface area contributed by atoms with E-state index in [1.807, 2.05) is 13.8 Å². The van der Waals surface area contributed by atoms with Crippen LogP contribution in [0.3, 0.4) is 0 Å². The Morgan fingerprint density at radius 2 is 1.96 bits per heavy atom. The van der Waals surface area contributed by atoms with Crippen molar-refractivity contribution in [3.05, 3.63) is 35.6 Å². The van der Waals surface area contributed by atoms with Gasteiger partial charge in [0.25, 0.3) is 0 Å². The van der Waals surface area contributed by atoms with E-state index in [2.05, 4.69) is 10.6 Å². The summed E-state index contributed by atoms with van der Waals surface area (Å²) in [6.45, 7) is 6.36. The minimum Gasteiger partial charge on any atom is -0.450 e. The molecule has 5 nitrogen and oxygen atoms in total. The second kappa shape index (κ2) is 9.82. The van der Waals surface area contributed by atoms with Crippen LogP contribution in [0, 0.1) is 11.7 Å². The molecule has 0 aliphatic heterocycles. The molecule has 128 valence electrons. The SMILES string of the molecule is CCOC(=O)NC(CNC(=O)Cc1ccccc1F)CC(C)C. The molecule has 0 fully saturated rings. The van der Waals surface area contributed by atoms with Gasteiger partial charge in [0.1, 0.15) is 5.82 Å². The number of amides is 2. The fourth-order valence-corrected chi connectivity index (χ4v) is 2.22. The van der Waals surface area contributed by atoms with Crippen molar-refractivity contribution in [1.82, 2.24) is 10.6 Å². The summed E-state index contributed by atoms with van der Waals surface area (Å²) in [6.07, 6.45) is 0.181. The van der Waals surface area contributed by atoms with Crippen LogP contribution < -0.4 is 10.6 Å². The summed E-state index contributed by atoms with van der Waals surface area (Å²) >= 11 is 0. The van der Waals surface area contributed by atoms with Crippen LogP contribution in [0.2, 0.25) is 0 Å². The lowest BCUT2D eigenvalue weighted by Crippen LogP contribution is -2.45. The first-order valence-corrected chi connectivity index (χ1v) is 7.85. The van der Waals surface area contributed by atoms with E-state index >= 15 is 0 Å². The van der Waals surface area contributed by atoms with Gasteiger partial charge in [0.2, 0.25) is 5.91 Å². The Balaban J connectivity index is 2.51. The molecule has 1 atom stereocenters. The fourth-order valence-electron chi connectivity index (χ4n) is 2.22. The Morgan fingerprint density at radius 1 is 1.26 bits per heavy atom. The second-order valence-electron chi connectivity index (χ2n) is 5.76. The zero-order valence-electron chi connectivity index (χ0n) is 13.9. The van der Waals surface area contributed by atoms with Crippen molar-refractivity contribution < 1.29 is 18.7 Å². The van der Waals surface area contributed by atoms with E-state index in [9.17, 15) is 14.0 Å². The van der Waals surface area contributed by atoms with Gasteiger partial charge in [-0.3, -0.25) is 4.79 Å². The van der Waals surface area contributed by atoms with Crippen LogP contribution in [-0.2, 0) is 16.0 Å². The molecule has 0 radical (unpaired) electrons. The Bertz CT molecular complexity index is 520. The number of benzene rings is 1. The Kier molecular flexibility index (Phi) is 8.08. The third kappa shape index (κ3) is 7.63. The summed E-state index contributed by atoms with van der Waals surface area (Å²) in [4.78, 5) is 23.5. The van der Waals surface area contributed by atoms with E-state index in [-0.39, 0.29) is 24.9 Å². The highest BCUT2D eigenvalue weighted by atomic mass is 19.1. The first kappa shape index (κ1) is 18.9. The van der Waals surface area contributed by atoms with Crippen molar-refractivity contribution >= 4 is 12.0 Å². The van der Waals surface area contributed by atoms with Crippen LogP contribution in [0.4, 0.5) is 9.18 Å². The summed E-state index contributed by atoms with van der Waals surface area (Å²) in [5.74, 6) is -0.328. The average Bonchev–Trinajstić information content (AvgIpc) is 2.47. The number of carbonyl (C=O) groups excluding carboxylic acids is 2. The number of hydrogen-bond donors (Lipinski definition) is 2. The fraction of sp³-hybridized carbons (Fsp3) is 0.529. The molecule has 2 N–H and O–H groups in total. The molecule has 0 saturated heterocycles. The molecule has 1 rings (SSSR count). The predicted molar refractivity (Wildman–Crippen MR) is 86.5 cm³/mol. The summed E-state index contributed by atoms with van der Waals surface area (Å²) in [5.41, 5.74) is 0.351. The maximum atomic E-state index is 13.5. The molecule has 0 aromatic heterocycles. The Labute approximate surface area is 136 Å². The molecule has 0 spiro atoms. The van der Waals surface area contributed by atoms with Crippen LogP contribution in [0.15, 0.2) is 24.3 Å². The molecule has 0 aliphatic rings. The summed E-state index contributed by atoms with van der Waals surface area (Å²) in [6, 6.07) is 5.96. The topological polar surface area (TPSA) is 67.4 Å². The van der Waals surface area contributed by atoms with Crippen molar-refractivity contribution in [3.8, 4) is 0 Å². The molecular weight excluding hydrogens is 299 g/mol. The summed E-state index contributed by atoms with van der Waals surface area (Å²) in [7, 11) is 0. The summed E-state index contributed by atoms with van der Waals surface area (Å²) < 4.78 is 18.4. The zero-order chi connectivity index (χ0) is 17.2. The average molecular weight is 324 g/mol. The van der Waals surface area contributed by atoms with Gasteiger partial charge in [0.05, 0.1) is 13.0 Å². The molecule has 6 heteroatoms. The standard InChI is InChI=1S/C17H25FN2O3/c1-4-23-17(22)20-14(9-12(2)3)11-19-16(21)10-13-7-5-6-8-15(13)18/h5-8,12,14H,4,9-11H2,1-3H3,(H,19,21)(H,20,22). The summed E-state index contributed by atoms with van der Waals surface area (Å²) in [5, 5.41) is 5.47. The van der Waals surface area contributed by atoms with E-state index in [1.165, 1.54) is 6.07 Å². The van der Waals surface area contributed by atoms with Gasteiger partial charge in [-0.15, -0.1) is 0 Å². The number of ether oxygens (including phenoxy) is 1. The third-order valence-electron chi connectivity index (χ3n) is 3.21. The van der Waals surface area contributed by atoms with Crippen molar-refractivity contribution in [2.45, 2.75) is 39.7 Å². The normalized spacial score (nSPS) is 11.9. The van der Waals surface area contributed by atoms with Gasteiger partial charge >= 0.3 is 6.09 Å². The third-order valence-corrected chi connectivity index (χ3v) is 3.21. The lowest BCUT2D eigenvalue weighted by molar-refractivity contribution is -0.120. The molecule has 23 heavy (non-hydrogen) atoms. The minimum absolute atomic E-state index is 0.0273. The van der Waals surface area contributed by atoms with E-state index in [0.717, 1.165) is 0 Å². The van der Waals surface area contributed by atoms with E-state index in [0.29, 0.717) is 24.5 Å². The molecule has 0 saturated carbocycles. The number of rotatable bonds is 8. The van der Waals surface area contributed by atoms with Gasteiger partial charge in [0, 0.05) is 12.6 Å². The second-order valence-corrected chi connectivity index (χ2v) is 5.76. The highest BCUT2D eigenvalue weighted by molar-refractivity contribution is 5.78. The van der Waals surface area contributed by atoms with E-state index < -0.39 is 11.9 Å². The number of alkyl carbamates (subject to hydrolysis) is 1. The van der Waals surface area contributed by atoms with Crippen molar-refractivity contribution in [2.75, 3.05) is 13.2 Å².